The van der Waals surface area contributed by atoms with Gasteiger partial charge in [0.1, 0.15) is 5.82 Å². The average molecular weight is 238 g/mol. The monoisotopic (exact) mass is 238 g/mol. The lowest BCUT2D eigenvalue weighted by Crippen LogP contribution is -2.06. The van der Waals surface area contributed by atoms with E-state index in [0.29, 0.717) is 0 Å². The smallest absolute Gasteiger partial charge is 0.303 e. The standard InChI is InChI=1S/C14H19FO2/c1-9(6-14(16)17)4-5-13-10(2)7-12(15)8-11(13)3/h7-9H,4-6H2,1-3H3,(H,16,17). The van der Waals surface area contributed by atoms with Crippen LogP contribution in [0.25, 0.3) is 0 Å². The first kappa shape index (κ1) is 13.7. The highest BCUT2D eigenvalue weighted by Crippen LogP contribution is 2.20. The van der Waals surface area contributed by atoms with E-state index in [9.17, 15) is 9.18 Å². The van der Waals surface area contributed by atoms with Gasteiger partial charge >= 0.3 is 5.97 Å². The molecule has 1 aromatic carbocycles. The van der Waals surface area contributed by atoms with E-state index in [0.717, 1.165) is 29.5 Å². The Morgan fingerprint density at radius 3 is 2.35 bits per heavy atom. The molecule has 1 atom stereocenters. The van der Waals surface area contributed by atoms with Crippen molar-refractivity contribution in [1.82, 2.24) is 0 Å². The zero-order valence-corrected chi connectivity index (χ0v) is 10.6. The normalized spacial score (nSPS) is 12.5. The molecule has 1 N–H and O–H groups in total. The number of hydrogen-bond acceptors (Lipinski definition) is 1. The van der Waals surface area contributed by atoms with Crippen molar-refractivity contribution in [2.24, 2.45) is 5.92 Å². The van der Waals surface area contributed by atoms with Crippen LogP contribution in [0.3, 0.4) is 0 Å². The van der Waals surface area contributed by atoms with E-state index >= 15 is 0 Å². The number of aliphatic carboxylic acids is 1. The number of carbonyl (C=O) groups is 1. The van der Waals surface area contributed by atoms with Crippen LogP contribution < -0.4 is 0 Å². The topological polar surface area (TPSA) is 37.3 Å². The summed E-state index contributed by atoms with van der Waals surface area (Å²) in [6.07, 6.45) is 1.82. The maximum Gasteiger partial charge on any atom is 0.303 e. The molecule has 0 fully saturated rings. The minimum atomic E-state index is -0.759. The largest absolute Gasteiger partial charge is 0.481 e. The van der Waals surface area contributed by atoms with Crippen molar-refractivity contribution in [2.45, 2.75) is 40.0 Å². The zero-order chi connectivity index (χ0) is 13.0. The van der Waals surface area contributed by atoms with Gasteiger partial charge in [-0.2, -0.15) is 0 Å². The second-order valence-corrected chi connectivity index (χ2v) is 4.76. The van der Waals surface area contributed by atoms with Gasteiger partial charge in [-0.1, -0.05) is 6.92 Å². The molecule has 0 bridgehead atoms. The third-order valence-corrected chi connectivity index (χ3v) is 3.07. The molecule has 1 aromatic rings. The van der Waals surface area contributed by atoms with Crippen LogP contribution in [0.1, 0.15) is 36.5 Å². The number of carboxylic acids is 1. The fourth-order valence-electron chi connectivity index (χ4n) is 2.13. The molecule has 0 saturated heterocycles. The first-order chi connectivity index (χ1) is 7.90. The third kappa shape index (κ3) is 4.17. The van der Waals surface area contributed by atoms with Crippen LogP contribution in [0.4, 0.5) is 4.39 Å². The predicted molar refractivity (Wildman–Crippen MR) is 65.6 cm³/mol. The molecule has 17 heavy (non-hydrogen) atoms. The van der Waals surface area contributed by atoms with Crippen LogP contribution in [0.15, 0.2) is 12.1 Å². The van der Waals surface area contributed by atoms with Crippen LogP contribution in [-0.4, -0.2) is 11.1 Å². The Balaban J connectivity index is 2.66. The summed E-state index contributed by atoms with van der Waals surface area (Å²) in [4.78, 5) is 10.5. The summed E-state index contributed by atoms with van der Waals surface area (Å²) in [5.74, 6) is -0.816. The van der Waals surface area contributed by atoms with E-state index in [4.69, 9.17) is 5.11 Å². The molecule has 3 heteroatoms. The molecule has 0 aliphatic heterocycles. The Hall–Kier alpha value is -1.38. The summed E-state index contributed by atoms with van der Waals surface area (Å²) in [7, 11) is 0. The quantitative estimate of drug-likeness (QED) is 0.852. The molecule has 0 spiro atoms. The summed E-state index contributed by atoms with van der Waals surface area (Å²) in [6.45, 7) is 5.73. The minimum absolute atomic E-state index is 0.149. The molecule has 0 heterocycles. The van der Waals surface area contributed by atoms with Crippen LogP contribution in [0.5, 0.6) is 0 Å². The van der Waals surface area contributed by atoms with Gasteiger partial charge in [-0.15, -0.1) is 0 Å². The summed E-state index contributed by atoms with van der Waals surface area (Å²) in [5, 5.41) is 8.68. The van der Waals surface area contributed by atoms with E-state index in [1.54, 1.807) is 0 Å². The maximum absolute atomic E-state index is 13.1. The number of halogens is 1. The Labute approximate surface area is 101 Å². The van der Waals surface area contributed by atoms with Gasteiger partial charge in [0, 0.05) is 6.42 Å². The zero-order valence-electron chi connectivity index (χ0n) is 10.6. The number of hydrogen-bond donors (Lipinski definition) is 1. The van der Waals surface area contributed by atoms with Crippen molar-refractivity contribution >= 4 is 5.97 Å². The lowest BCUT2D eigenvalue weighted by molar-refractivity contribution is -0.138. The molecular weight excluding hydrogens is 219 g/mol. The van der Waals surface area contributed by atoms with Crippen LogP contribution in [0, 0.1) is 25.6 Å². The highest BCUT2D eigenvalue weighted by molar-refractivity contribution is 5.66. The molecule has 1 rings (SSSR count). The molecule has 0 aromatic heterocycles. The molecular formula is C14H19FO2. The predicted octanol–water partition coefficient (Wildman–Crippen LogP) is 3.49. The number of carboxylic acid groups (broad SMARTS) is 1. The van der Waals surface area contributed by atoms with Gasteiger partial charge < -0.3 is 5.11 Å². The van der Waals surface area contributed by atoms with Gasteiger partial charge in [-0.05, 0) is 61.4 Å². The SMILES string of the molecule is Cc1cc(F)cc(C)c1CCC(C)CC(=O)O. The molecule has 0 aliphatic rings. The lowest BCUT2D eigenvalue weighted by atomic mass is 9.93. The fraction of sp³-hybridized carbons (Fsp3) is 0.500. The van der Waals surface area contributed by atoms with E-state index < -0.39 is 5.97 Å². The molecule has 0 amide bonds. The second-order valence-electron chi connectivity index (χ2n) is 4.76. The van der Waals surface area contributed by atoms with Crippen molar-refractivity contribution in [1.29, 1.82) is 0 Å². The first-order valence-electron chi connectivity index (χ1n) is 5.87. The Morgan fingerprint density at radius 2 is 1.88 bits per heavy atom. The van der Waals surface area contributed by atoms with Gasteiger partial charge in [-0.3, -0.25) is 4.79 Å². The van der Waals surface area contributed by atoms with Gasteiger partial charge in [0.25, 0.3) is 0 Å². The lowest BCUT2D eigenvalue weighted by Gasteiger charge is -2.13. The van der Waals surface area contributed by atoms with Crippen molar-refractivity contribution in [3.05, 3.63) is 34.6 Å². The molecule has 0 radical (unpaired) electrons. The van der Waals surface area contributed by atoms with Crippen molar-refractivity contribution in [3.63, 3.8) is 0 Å². The summed E-state index contributed by atoms with van der Waals surface area (Å²) < 4.78 is 13.1. The van der Waals surface area contributed by atoms with Crippen molar-refractivity contribution < 1.29 is 14.3 Å². The number of rotatable bonds is 5. The summed E-state index contributed by atoms with van der Waals surface area (Å²) in [5.41, 5.74) is 3.04. The number of aryl methyl sites for hydroxylation is 2. The summed E-state index contributed by atoms with van der Waals surface area (Å²) >= 11 is 0. The fourth-order valence-corrected chi connectivity index (χ4v) is 2.13. The van der Waals surface area contributed by atoms with Gasteiger partial charge in [0.15, 0.2) is 0 Å². The van der Waals surface area contributed by atoms with E-state index in [-0.39, 0.29) is 18.2 Å². The molecule has 94 valence electrons. The van der Waals surface area contributed by atoms with Gasteiger partial charge in [0.05, 0.1) is 0 Å². The van der Waals surface area contributed by atoms with Crippen LogP contribution in [-0.2, 0) is 11.2 Å². The summed E-state index contributed by atoms with van der Waals surface area (Å²) in [6, 6.07) is 3.06. The minimum Gasteiger partial charge on any atom is -0.481 e. The van der Waals surface area contributed by atoms with Gasteiger partial charge in [-0.25, -0.2) is 4.39 Å². The van der Waals surface area contributed by atoms with E-state index in [1.165, 1.54) is 12.1 Å². The first-order valence-corrected chi connectivity index (χ1v) is 5.87. The molecule has 1 unspecified atom stereocenters. The average Bonchev–Trinajstić information content (AvgIpc) is 2.14. The van der Waals surface area contributed by atoms with Crippen LogP contribution >= 0.6 is 0 Å². The second kappa shape index (κ2) is 5.80. The Kier molecular flexibility index (Phi) is 4.67. The van der Waals surface area contributed by atoms with E-state index in [1.807, 2.05) is 20.8 Å². The van der Waals surface area contributed by atoms with Gasteiger partial charge in [0.2, 0.25) is 0 Å². The van der Waals surface area contributed by atoms with Crippen molar-refractivity contribution in [3.8, 4) is 0 Å². The number of benzene rings is 1. The van der Waals surface area contributed by atoms with E-state index in [2.05, 4.69) is 0 Å². The highest BCUT2D eigenvalue weighted by atomic mass is 19.1. The van der Waals surface area contributed by atoms with Crippen molar-refractivity contribution in [2.75, 3.05) is 0 Å². The highest BCUT2D eigenvalue weighted by Gasteiger charge is 2.10. The molecule has 0 saturated carbocycles. The Morgan fingerprint density at radius 1 is 1.35 bits per heavy atom. The van der Waals surface area contributed by atoms with Crippen LogP contribution in [0.2, 0.25) is 0 Å². The third-order valence-electron chi connectivity index (χ3n) is 3.07. The maximum atomic E-state index is 13.1. The Bertz CT molecular complexity index is 390. The molecule has 0 aliphatic carbocycles. The molecule has 2 nitrogen and oxygen atoms in total.